The van der Waals surface area contributed by atoms with Crippen molar-refractivity contribution in [3.8, 4) is 11.5 Å². The summed E-state index contributed by atoms with van der Waals surface area (Å²) in [5.74, 6) is 1.96. The van der Waals surface area contributed by atoms with Gasteiger partial charge in [0.1, 0.15) is 13.2 Å². The third kappa shape index (κ3) is 4.68. The van der Waals surface area contributed by atoms with Crippen LogP contribution in [0.15, 0.2) is 18.2 Å². The molecule has 1 aliphatic carbocycles. The predicted molar refractivity (Wildman–Crippen MR) is 99.4 cm³/mol. The first-order valence-corrected chi connectivity index (χ1v) is 9.51. The summed E-state index contributed by atoms with van der Waals surface area (Å²) in [6, 6.07) is 5.45. The number of nitrogens with one attached hydrogen (secondary N) is 2. The van der Waals surface area contributed by atoms with Crippen LogP contribution in [0.2, 0.25) is 0 Å². The van der Waals surface area contributed by atoms with Gasteiger partial charge in [0.2, 0.25) is 11.8 Å². The SMILES string of the molecule is CC(C)CNC(=O)C1CCC(C(=O)Nc2ccc3c(c2)OCCO3)CC1. The first kappa shape index (κ1) is 18.5. The molecule has 0 saturated heterocycles. The summed E-state index contributed by atoms with van der Waals surface area (Å²) < 4.78 is 11.0. The number of hydrogen-bond acceptors (Lipinski definition) is 4. The second-order valence-electron chi connectivity index (χ2n) is 7.54. The fourth-order valence-corrected chi connectivity index (χ4v) is 3.43. The molecule has 1 fully saturated rings. The summed E-state index contributed by atoms with van der Waals surface area (Å²) in [5, 5.41) is 5.97. The normalized spacial score (nSPS) is 22.0. The topological polar surface area (TPSA) is 76.7 Å². The van der Waals surface area contributed by atoms with Gasteiger partial charge >= 0.3 is 0 Å². The lowest BCUT2D eigenvalue weighted by molar-refractivity contribution is -0.128. The van der Waals surface area contributed by atoms with Crippen molar-refractivity contribution in [2.75, 3.05) is 25.1 Å². The van der Waals surface area contributed by atoms with E-state index in [2.05, 4.69) is 24.5 Å². The van der Waals surface area contributed by atoms with E-state index in [1.54, 1.807) is 6.07 Å². The number of hydrogen-bond donors (Lipinski definition) is 2. The molecule has 2 aliphatic rings. The quantitative estimate of drug-likeness (QED) is 0.846. The summed E-state index contributed by atoms with van der Waals surface area (Å²) in [4.78, 5) is 24.7. The van der Waals surface area contributed by atoms with Crippen molar-refractivity contribution in [2.45, 2.75) is 39.5 Å². The molecule has 0 radical (unpaired) electrons. The molecule has 0 aromatic heterocycles. The molecule has 142 valence electrons. The smallest absolute Gasteiger partial charge is 0.227 e. The molecule has 2 N–H and O–H groups in total. The number of amides is 2. The number of anilines is 1. The summed E-state index contributed by atoms with van der Waals surface area (Å²) in [7, 11) is 0. The van der Waals surface area contributed by atoms with E-state index in [0.29, 0.717) is 37.2 Å². The summed E-state index contributed by atoms with van der Waals surface area (Å²) in [6.45, 7) is 5.95. The Morgan fingerprint density at radius 3 is 2.27 bits per heavy atom. The van der Waals surface area contributed by atoms with Gasteiger partial charge in [0, 0.05) is 30.1 Å². The Hall–Kier alpha value is -2.24. The molecule has 0 atom stereocenters. The number of ether oxygens (including phenoxy) is 2. The zero-order valence-corrected chi connectivity index (χ0v) is 15.5. The highest BCUT2D eigenvalue weighted by atomic mass is 16.6. The third-order valence-electron chi connectivity index (χ3n) is 4.96. The first-order chi connectivity index (χ1) is 12.5. The number of carbonyl (C=O) groups excluding carboxylic acids is 2. The third-order valence-corrected chi connectivity index (χ3v) is 4.96. The minimum atomic E-state index is -0.0441. The Kier molecular flexibility index (Phi) is 6.01. The monoisotopic (exact) mass is 360 g/mol. The zero-order chi connectivity index (χ0) is 18.5. The zero-order valence-electron chi connectivity index (χ0n) is 15.5. The molecule has 26 heavy (non-hydrogen) atoms. The van der Waals surface area contributed by atoms with Gasteiger partial charge < -0.3 is 20.1 Å². The number of carbonyl (C=O) groups is 2. The Morgan fingerprint density at radius 2 is 1.62 bits per heavy atom. The summed E-state index contributed by atoms with van der Waals surface area (Å²) in [6.07, 6.45) is 3.03. The van der Waals surface area contributed by atoms with Crippen molar-refractivity contribution in [2.24, 2.45) is 17.8 Å². The molecule has 1 saturated carbocycles. The molecule has 1 aliphatic heterocycles. The van der Waals surface area contributed by atoms with Crippen LogP contribution in [0.25, 0.3) is 0 Å². The molecular weight excluding hydrogens is 332 g/mol. The van der Waals surface area contributed by atoms with Gasteiger partial charge in [-0.1, -0.05) is 13.8 Å². The molecule has 0 bridgehead atoms. The van der Waals surface area contributed by atoms with Gasteiger partial charge in [-0.05, 0) is 43.7 Å². The van der Waals surface area contributed by atoms with Gasteiger partial charge in [0.25, 0.3) is 0 Å². The van der Waals surface area contributed by atoms with Crippen LogP contribution in [0.3, 0.4) is 0 Å². The molecule has 2 amide bonds. The highest BCUT2D eigenvalue weighted by Gasteiger charge is 2.30. The van der Waals surface area contributed by atoms with Crippen LogP contribution in [-0.4, -0.2) is 31.6 Å². The highest BCUT2D eigenvalue weighted by molar-refractivity contribution is 5.93. The second kappa shape index (κ2) is 8.43. The van der Waals surface area contributed by atoms with Crippen molar-refractivity contribution < 1.29 is 19.1 Å². The molecule has 3 rings (SSSR count). The number of rotatable bonds is 5. The van der Waals surface area contributed by atoms with Crippen LogP contribution in [0, 0.1) is 17.8 Å². The second-order valence-corrected chi connectivity index (χ2v) is 7.54. The van der Waals surface area contributed by atoms with Crippen LogP contribution >= 0.6 is 0 Å². The molecule has 1 heterocycles. The fraction of sp³-hybridized carbons (Fsp3) is 0.600. The van der Waals surface area contributed by atoms with Crippen molar-refractivity contribution in [3.63, 3.8) is 0 Å². The van der Waals surface area contributed by atoms with E-state index in [1.165, 1.54) is 0 Å². The van der Waals surface area contributed by atoms with Crippen molar-refractivity contribution in [3.05, 3.63) is 18.2 Å². The van der Waals surface area contributed by atoms with E-state index in [9.17, 15) is 9.59 Å². The number of fused-ring (bicyclic) bond motifs is 1. The van der Waals surface area contributed by atoms with Gasteiger partial charge in [0.05, 0.1) is 0 Å². The van der Waals surface area contributed by atoms with Crippen molar-refractivity contribution in [1.29, 1.82) is 0 Å². The van der Waals surface area contributed by atoms with Crippen LogP contribution in [-0.2, 0) is 9.59 Å². The molecular formula is C20H28N2O4. The maximum absolute atomic E-state index is 12.5. The predicted octanol–water partition coefficient (Wildman–Crippen LogP) is 2.97. The summed E-state index contributed by atoms with van der Waals surface area (Å²) >= 11 is 0. The Bertz CT molecular complexity index is 651. The maximum Gasteiger partial charge on any atom is 0.227 e. The van der Waals surface area contributed by atoms with Crippen LogP contribution in [0.1, 0.15) is 39.5 Å². The molecule has 6 heteroatoms. The van der Waals surface area contributed by atoms with E-state index in [4.69, 9.17) is 9.47 Å². The van der Waals surface area contributed by atoms with Crippen LogP contribution in [0.5, 0.6) is 11.5 Å². The van der Waals surface area contributed by atoms with Crippen molar-refractivity contribution >= 4 is 17.5 Å². The molecule has 1 aromatic rings. The number of benzene rings is 1. The van der Waals surface area contributed by atoms with Gasteiger partial charge in [-0.15, -0.1) is 0 Å². The largest absolute Gasteiger partial charge is 0.486 e. The lowest BCUT2D eigenvalue weighted by Crippen LogP contribution is -2.37. The lowest BCUT2D eigenvalue weighted by Gasteiger charge is -2.27. The van der Waals surface area contributed by atoms with Crippen molar-refractivity contribution in [1.82, 2.24) is 5.32 Å². The summed E-state index contributed by atoms with van der Waals surface area (Å²) in [5.41, 5.74) is 0.719. The minimum absolute atomic E-state index is 0.0164. The van der Waals surface area contributed by atoms with Gasteiger partial charge in [-0.25, -0.2) is 0 Å². The fourth-order valence-electron chi connectivity index (χ4n) is 3.43. The standard InChI is InChI=1S/C20H28N2O4/c1-13(2)12-21-19(23)14-3-5-15(6-4-14)20(24)22-16-7-8-17-18(11-16)26-10-9-25-17/h7-8,11,13-15H,3-6,9-10,12H2,1-2H3,(H,21,23)(H,22,24). The van der Waals surface area contributed by atoms with Gasteiger partial charge in [0.15, 0.2) is 11.5 Å². The lowest BCUT2D eigenvalue weighted by atomic mass is 9.81. The van der Waals surface area contributed by atoms with E-state index in [0.717, 1.165) is 31.4 Å². The molecule has 0 unspecified atom stereocenters. The van der Waals surface area contributed by atoms with E-state index in [1.807, 2.05) is 12.1 Å². The Balaban J connectivity index is 1.48. The van der Waals surface area contributed by atoms with Crippen LogP contribution < -0.4 is 20.1 Å². The van der Waals surface area contributed by atoms with Gasteiger partial charge in [-0.2, -0.15) is 0 Å². The molecule has 6 nitrogen and oxygen atoms in total. The Morgan fingerprint density at radius 1 is 1.00 bits per heavy atom. The highest BCUT2D eigenvalue weighted by Crippen LogP contribution is 2.34. The average Bonchev–Trinajstić information content (AvgIpc) is 2.66. The van der Waals surface area contributed by atoms with Crippen LogP contribution in [0.4, 0.5) is 5.69 Å². The maximum atomic E-state index is 12.5. The Labute approximate surface area is 154 Å². The minimum Gasteiger partial charge on any atom is -0.486 e. The molecule has 1 aromatic carbocycles. The van der Waals surface area contributed by atoms with E-state index >= 15 is 0 Å². The van der Waals surface area contributed by atoms with Gasteiger partial charge in [-0.3, -0.25) is 9.59 Å². The average molecular weight is 360 g/mol. The van der Waals surface area contributed by atoms with E-state index < -0.39 is 0 Å². The van der Waals surface area contributed by atoms with E-state index in [-0.39, 0.29) is 23.7 Å². The first-order valence-electron chi connectivity index (χ1n) is 9.51. The molecule has 0 spiro atoms.